The second-order valence-corrected chi connectivity index (χ2v) is 8.23. The monoisotopic (exact) mass is 333 g/mol. The number of carbonyl (C=O) groups is 1. The van der Waals surface area contributed by atoms with Gasteiger partial charge in [-0.3, -0.25) is 0 Å². The number of aromatic carboxylic acids is 1. The molecule has 1 fully saturated rings. The standard InChI is InChI=1S/C13H19NO5S2/c1-9-7-20-10(12(15)16)11(9)21(17,18)14-6-4-5-13(2,8-14)19-3/h7H,4-6,8H2,1-3H3,(H,15,16). The highest BCUT2D eigenvalue weighted by molar-refractivity contribution is 7.89. The summed E-state index contributed by atoms with van der Waals surface area (Å²) in [6.45, 7) is 4.11. The Balaban J connectivity index is 2.43. The molecule has 1 saturated heterocycles. The Morgan fingerprint density at radius 3 is 2.76 bits per heavy atom. The lowest BCUT2D eigenvalue weighted by atomic mass is 9.96. The molecule has 118 valence electrons. The van der Waals surface area contributed by atoms with Crippen molar-refractivity contribution in [1.82, 2.24) is 4.31 Å². The lowest BCUT2D eigenvalue weighted by Gasteiger charge is -2.38. The number of hydrogen-bond acceptors (Lipinski definition) is 5. The van der Waals surface area contributed by atoms with E-state index in [1.165, 1.54) is 4.31 Å². The average molecular weight is 333 g/mol. The highest BCUT2D eigenvalue weighted by Crippen LogP contribution is 2.33. The van der Waals surface area contributed by atoms with Gasteiger partial charge in [-0.1, -0.05) is 0 Å². The third-order valence-electron chi connectivity index (χ3n) is 3.83. The Labute approximate surface area is 128 Å². The van der Waals surface area contributed by atoms with E-state index >= 15 is 0 Å². The quantitative estimate of drug-likeness (QED) is 0.910. The van der Waals surface area contributed by atoms with E-state index in [0.717, 1.165) is 17.8 Å². The minimum Gasteiger partial charge on any atom is -0.477 e. The zero-order valence-corrected chi connectivity index (χ0v) is 13.9. The van der Waals surface area contributed by atoms with Gasteiger partial charge in [0, 0.05) is 20.2 Å². The number of sulfonamides is 1. The van der Waals surface area contributed by atoms with E-state index in [1.54, 1.807) is 19.4 Å². The van der Waals surface area contributed by atoms with Crippen LogP contribution in [0.3, 0.4) is 0 Å². The molecular weight excluding hydrogens is 314 g/mol. The number of ether oxygens (including phenoxy) is 1. The molecule has 8 heteroatoms. The third-order valence-corrected chi connectivity index (χ3v) is 7.08. The van der Waals surface area contributed by atoms with Crippen molar-refractivity contribution in [2.75, 3.05) is 20.2 Å². The molecule has 1 aliphatic heterocycles. The summed E-state index contributed by atoms with van der Waals surface area (Å²) in [5, 5.41) is 10.8. The van der Waals surface area contributed by atoms with Gasteiger partial charge in [-0.25, -0.2) is 13.2 Å². The van der Waals surface area contributed by atoms with Gasteiger partial charge in [-0.05, 0) is 37.6 Å². The van der Waals surface area contributed by atoms with Crippen LogP contribution in [-0.2, 0) is 14.8 Å². The van der Waals surface area contributed by atoms with E-state index in [2.05, 4.69) is 0 Å². The van der Waals surface area contributed by atoms with Crippen molar-refractivity contribution >= 4 is 27.3 Å². The lowest BCUT2D eigenvalue weighted by molar-refractivity contribution is -0.0319. The molecule has 21 heavy (non-hydrogen) atoms. The van der Waals surface area contributed by atoms with Crippen molar-refractivity contribution < 1.29 is 23.1 Å². The van der Waals surface area contributed by atoms with E-state index in [0.29, 0.717) is 18.5 Å². The first kappa shape index (κ1) is 16.4. The van der Waals surface area contributed by atoms with Crippen molar-refractivity contribution in [3.8, 4) is 0 Å². The van der Waals surface area contributed by atoms with Crippen molar-refractivity contribution in [2.45, 2.75) is 37.2 Å². The molecular formula is C13H19NO5S2. The van der Waals surface area contributed by atoms with Crippen LogP contribution in [0.15, 0.2) is 10.3 Å². The van der Waals surface area contributed by atoms with Crippen LogP contribution in [0.4, 0.5) is 0 Å². The normalized spacial score (nSPS) is 24.1. The fourth-order valence-electron chi connectivity index (χ4n) is 2.56. The predicted octanol–water partition coefficient (Wildman–Crippen LogP) is 1.94. The van der Waals surface area contributed by atoms with Crippen LogP contribution in [0.2, 0.25) is 0 Å². The molecule has 6 nitrogen and oxygen atoms in total. The number of carboxylic acid groups (broad SMARTS) is 1. The SMILES string of the molecule is COC1(C)CCCN(S(=O)(=O)c2c(C)csc2C(=O)O)C1. The molecule has 0 spiro atoms. The maximum Gasteiger partial charge on any atom is 0.347 e. The van der Waals surface area contributed by atoms with Crippen molar-refractivity contribution in [1.29, 1.82) is 0 Å². The van der Waals surface area contributed by atoms with E-state index in [4.69, 9.17) is 4.74 Å². The summed E-state index contributed by atoms with van der Waals surface area (Å²) in [6, 6.07) is 0. The molecule has 0 aromatic carbocycles. The summed E-state index contributed by atoms with van der Waals surface area (Å²) in [7, 11) is -2.26. The molecule has 1 aromatic heterocycles. The summed E-state index contributed by atoms with van der Waals surface area (Å²) in [5.74, 6) is -1.21. The van der Waals surface area contributed by atoms with Gasteiger partial charge < -0.3 is 9.84 Å². The van der Waals surface area contributed by atoms with Crippen LogP contribution in [-0.4, -0.2) is 49.6 Å². The molecule has 0 bridgehead atoms. The Hall–Kier alpha value is -0.960. The fourth-order valence-corrected chi connectivity index (χ4v) is 5.74. The molecule has 0 amide bonds. The van der Waals surface area contributed by atoms with Crippen LogP contribution < -0.4 is 0 Å². The van der Waals surface area contributed by atoms with E-state index in [9.17, 15) is 18.3 Å². The minimum atomic E-state index is -3.82. The zero-order chi connectivity index (χ0) is 15.8. The Morgan fingerprint density at radius 1 is 1.52 bits per heavy atom. The van der Waals surface area contributed by atoms with Crippen LogP contribution >= 0.6 is 11.3 Å². The smallest absolute Gasteiger partial charge is 0.347 e. The molecule has 1 aromatic rings. The van der Waals surface area contributed by atoms with Gasteiger partial charge in [0.1, 0.15) is 9.77 Å². The predicted molar refractivity (Wildman–Crippen MR) is 79.4 cm³/mol. The maximum absolute atomic E-state index is 12.8. The zero-order valence-electron chi connectivity index (χ0n) is 12.2. The maximum atomic E-state index is 12.8. The number of piperidine rings is 1. The number of hydrogen-bond donors (Lipinski definition) is 1. The first-order valence-corrected chi connectivity index (χ1v) is 8.90. The number of methoxy groups -OCH3 is 1. The molecule has 1 N–H and O–H groups in total. The molecule has 1 atom stereocenters. The summed E-state index contributed by atoms with van der Waals surface area (Å²) < 4.78 is 32.4. The van der Waals surface area contributed by atoms with Crippen molar-refractivity contribution in [3.05, 3.63) is 15.8 Å². The summed E-state index contributed by atoms with van der Waals surface area (Å²) in [5.41, 5.74) is -0.0550. The summed E-state index contributed by atoms with van der Waals surface area (Å²) >= 11 is 0.944. The Bertz CT molecular complexity index is 652. The number of aryl methyl sites for hydroxylation is 1. The minimum absolute atomic E-state index is 0.0830. The molecule has 2 heterocycles. The van der Waals surface area contributed by atoms with E-state index < -0.39 is 21.6 Å². The molecule has 0 aliphatic carbocycles. The van der Waals surface area contributed by atoms with Gasteiger partial charge >= 0.3 is 5.97 Å². The largest absolute Gasteiger partial charge is 0.477 e. The molecule has 0 radical (unpaired) electrons. The fraction of sp³-hybridized carbons (Fsp3) is 0.615. The van der Waals surface area contributed by atoms with Gasteiger partial charge in [0.2, 0.25) is 10.0 Å². The van der Waals surface area contributed by atoms with Gasteiger partial charge in [0.25, 0.3) is 0 Å². The van der Waals surface area contributed by atoms with E-state index in [-0.39, 0.29) is 16.3 Å². The lowest BCUT2D eigenvalue weighted by Crippen LogP contribution is -2.49. The second-order valence-electron chi connectivity index (χ2n) is 5.48. The number of rotatable bonds is 4. The summed E-state index contributed by atoms with van der Waals surface area (Å²) in [4.78, 5) is 11.0. The average Bonchev–Trinajstić information content (AvgIpc) is 2.81. The number of thiophene rings is 1. The Morgan fingerprint density at radius 2 is 2.19 bits per heavy atom. The second kappa shape index (κ2) is 5.68. The third kappa shape index (κ3) is 2.98. The first-order valence-electron chi connectivity index (χ1n) is 6.58. The molecule has 1 unspecified atom stereocenters. The molecule has 0 saturated carbocycles. The molecule has 1 aliphatic rings. The first-order chi connectivity index (χ1) is 9.71. The van der Waals surface area contributed by atoms with Crippen molar-refractivity contribution in [2.24, 2.45) is 0 Å². The van der Waals surface area contributed by atoms with Crippen LogP contribution in [0.1, 0.15) is 35.0 Å². The topological polar surface area (TPSA) is 83.9 Å². The van der Waals surface area contributed by atoms with Crippen LogP contribution in [0, 0.1) is 6.92 Å². The van der Waals surface area contributed by atoms with Gasteiger partial charge in [0.05, 0.1) is 5.60 Å². The van der Waals surface area contributed by atoms with Crippen LogP contribution in [0.25, 0.3) is 0 Å². The van der Waals surface area contributed by atoms with Crippen molar-refractivity contribution in [3.63, 3.8) is 0 Å². The number of carboxylic acids is 1. The van der Waals surface area contributed by atoms with Gasteiger partial charge in [-0.15, -0.1) is 11.3 Å². The van der Waals surface area contributed by atoms with Crippen LogP contribution in [0.5, 0.6) is 0 Å². The van der Waals surface area contributed by atoms with Gasteiger partial charge in [-0.2, -0.15) is 4.31 Å². The highest BCUT2D eigenvalue weighted by atomic mass is 32.2. The van der Waals surface area contributed by atoms with E-state index in [1.807, 2.05) is 6.92 Å². The van der Waals surface area contributed by atoms with Gasteiger partial charge in [0.15, 0.2) is 0 Å². The molecule has 2 rings (SSSR count). The Kier molecular flexibility index (Phi) is 4.44. The highest BCUT2D eigenvalue weighted by Gasteiger charge is 2.39. The summed E-state index contributed by atoms with van der Waals surface area (Å²) in [6.07, 6.45) is 1.47. The number of nitrogens with zero attached hydrogens (tertiary/aromatic N) is 1.